The van der Waals surface area contributed by atoms with Crippen LogP contribution in [0.2, 0.25) is 0 Å². The average Bonchev–Trinajstić information content (AvgIpc) is 2.73. The van der Waals surface area contributed by atoms with Crippen LogP contribution in [0.25, 0.3) is 0 Å². The standard InChI is InChI=1S/C14H14O3S/c1-9-5-10(2)7-12(6-9)18-8-11-3-4-13(17-11)14(15)16/h3-7H,8H2,1-2H3,(H,15,16). The lowest BCUT2D eigenvalue weighted by Crippen LogP contribution is -1.91. The van der Waals surface area contributed by atoms with Crippen molar-refractivity contribution in [2.24, 2.45) is 0 Å². The lowest BCUT2D eigenvalue weighted by molar-refractivity contribution is 0.0661. The summed E-state index contributed by atoms with van der Waals surface area (Å²) < 4.78 is 5.21. The molecule has 18 heavy (non-hydrogen) atoms. The fourth-order valence-corrected chi connectivity index (χ4v) is 2.74. The van der Waals surface area contributed by atoms with Gasteiger partial charge in [-0.1, -0.05) is 6.07 Å². The number of rotatable bonds is 4. The van der Waals surface area contributed by atoms with E-state index in [0.717, 1.165) is 0 Å². The normalized spacial score (nSPS) is 10.6. The van der Waals surface area contributed by atoms with Crippen molar-refractivity contribution in [3.63, 3.8) is 0 Å². The summed E-state index contributed by atoms with van der Waals surface area (Å²) in [5.41, 5.74) is 2.45. The van der Waals surface area contributed by atoms with Gasteiger partial charge in [-0.15, -0.1) is 11.8 Å². The van der Waals surface area contributed by atoms with Crippen LogP contribution in [0.15, 0.2) is 39.6 Å². The number of hydrogen-bond donors (Lipinski definition) is 1. The van der Waals surface area contributed by atoms with Crippen LogP contribution in [-0.4, -0.2) is 11.1 Å². The molecule has 0 amide bonds. The number of carboxylic acid groups (broad SMARTS) is 1. The fraction of sp³-hybridized carbons (Fsp3) is 0.214. The van der Waals surface area contributed by atoms with Crippen molar-refractivity contribution in [2.45, 2.75) is 24.5 Å². The summed E-state index contributed by atoms with van der Waals surface area (Å²) in [5.74, 6) is 0.274. The van der Waals surface area contributed by atoms with Crippen molar-refractivity contribution < 1.29 is 14.3 Å². The molecule has 0 saturated heterocycles. The predicted molar refractivity (Wildman–Crippen MR) is 71.1 cm³/mol. The minimum atomic E-state index is -1.03. The second-order valence-corrected chi connectivity index (χ2v) is 5.23. The molecule has 1 aromatic carbocycles. The number of aryl methyl sites for hydroxylation is 2. The van der Waals surface area contributed by atoms with Gasteiger partial charge in [-0.25, -0.2) is 4.79 Å². The minimum absolute atomic E-state index is 0.00831. The molecule has 0 fully saturated rings. The van der Waals surface area contributed by atoms with E-state index in [1.165, 1.54) is 22.1 Å². The first-order valence-electron chi connectivity index (χ1n) is 5.58. The molecule has 2 aromatic rings. The van der Waals surface area contributed by atoms with Crippen molar-refractivity contribution in [2.75, 3.05) is 0 Å². The van der Waals surface area contributed by atoms with E-state index in [4.69, 9.17) is 9.52 Å². The first kappa shape index (κ1) is 12.8. The van der Waals surface area contributed by atoms with Crippen molar-refractivity contribution in [1.29, 1.82) is 0 Å². The van der Waals surface area contributed by atoms with E-state index in [1.807, 2.05) is 0 Å². The summed E-state index contributed by atoms with van der Waals surface area (Å²) in [4.78, 5) is 11.8. The molecule has 0 saturated carbocycles. The van der Waals surface area contributed by atoms with Crippen molar-refractivity contribution in [3.8, 4) is 0 Å². The zero-order chi connectivity index (χ0) is 13.1. The van der Waals surface area contributed by atoms with Gasteiger partial charge in [0.2, 0.25) is 5.76 Å². The molecule has 1 heterocycles. The van der Waals surface area contributed by atoms with Gasteiger partial charge in [-0.05, 0) is 49.2 Å². The van der Waals surface area contributed by atoms with Crippen molar-refractivity contribution >= 4 is 17.7 Å². The number of aromatic carboxylic acids is 1. The molecule has 0 unspecified atom stereocenters. The number of carboxylic acids is 1. The Balaban J connectivity index is 2.04. The Hall–Kier alpha value is -1.68. The molecule has 0 atom stereocenters. The van der Waals surface area contributed by atoms with E-state index in [9.17, 15) is 4.79 Å². The summed E-state index contributed by atoms with van der Waals surface area (Å²) in [6.07, 6.45) is 0. The van der Waals surface area contributed by atoms with Gasteiger partial charge >= 0.3 is 5.97 Å². The highest BCUT2D eigenvalue weighted by atomic mass is 32.2. The highest BCUT2D eigenvalue weighted by Gasteiger charge is 2.09. The number of carbonyl (C=O) groups is 1. The lowest BCUT2D eigenvalue weighted by atomic mass is 10.2. The number of furan rings is 1. The van der Waals surface area contributed by atoms with Gasteiger partial charge in [0, 0.05) is 4.90 Å². The highest BCUT2D eigenvalue weighted by Crippen LogP contribution is 2.25. The molecular formula is C14H14O3S. The van der Waals surface area contributed by atoms with E-state index >= 15 is 0 Å². The lowest BCUT2D eigenvalue weighted by Gasteiger charge is -2.03. The minimum Gasteiger partial charge on any atom is -0.475 e. The molecule has 1 N–H and O–H groups in total. The summed E-state index contributed by atoms with van der Waals surface area (Å²) in [5, 5.41) is 8.76. The second-order valence-electron chi connectivity index (χ2n) is 4.18. The zero-order valence-electron chi connectivity index (χ0n) is 10.3. The summed E-state index contributed by atoms with van der Waals surface area (Å²) in [6.45, 7) is 4.12. The summed E-state index contributed by atoms with van der Waals surface area (Å²) >= 11 is 1.64. The van der Waals surface area contributed by atoms with E-state index < -0.39 is 5.97 Å². The molecule has 3 nitrogen and oxygen atoms in total. The maximum Gasteiger partial charge on any atom is 0.371 e. The summed E-state index contributed by atoms with van der Waals surface area (Å²) in [7, 11) is 0. The molecule has 0 aliphatic carbocycles. The van der Waals surface area contributed by atoms with Crippen LogP contribution < -0.4 is 0 Å². The third-order valence-corrected chi connectivity index (χ3v) is 3.45. The molecule has 0 aliphatic rings. The van der Waals surface area contributed by atoms with Crippen LogP contribution in [0.1, 0.15) is 27.4 Å². The first-order valence-corrected chi connectivity index (χ1v) is 6.56. The van der Waals surface area contributed by atoms with Crippen LogP contribution >= 0.6 is 11.8 Å². The number of hydrogen-bond acceptors (Lipinski definition) is 3. The monoisotopic (exact) mass is 262 g/mol. The molecule has 94 valence electrons. The van der Waals surface area contributed by atoms with Crippen LogP contribution in [0, 0.1) is 13.8 Å². The molecule has 2 rings (SSSR count). The third-order valence-electron chi connectivity index (χ3n) is 2.45. The highest BCUT2D eigenvalue weighted by molar-refractivity contribution is 7.98. The molecule has 0 bridgehead atoms. The average molecular weight is 262 g/mol. The quantitative estimate of drug-likeness (QED) is 0.849. The summed E-state index contributed by atoms with van der Waals surface area (Å²) in [6, 6.07) is 9.54. The topological polar surface area (TPSA) is 50.4 Å². The van der Waals surface area contributed by atoms with E-state index in [0.29, 0.717) is 11.5 Å². The third kappa shape index (κ3) is 3.17. The fourth-order valence-electron chi connectivity index (χ4n) is 1.74. The molecule has 0 spiro atoms. The molecule has 0 aliphatic heterocycles. The smallest absolute Gasteiger partial charge is 0.371 e. The van der Waals surface area contributed by atoms with Crippen LogP contribution in [-0.2, 0) is 5.75 Å². The zero-order valence-corrected chi connectivity index (χ0v) is 11.1. The molecular weight excluding hydrogens is 248 g/mol. The van der Waals surface area contributed by atoms with Gasteiger partial charge < -0.3 is 9.52 Å². The Bertz CT molecular complexity index is 552. The van der Waals surface area contributed by atoms with Crippen LogP contribution in [0.3, 0.4) is 0 Å². The maximum absolute atomic E-state index is 10.7. The SMILES string of the molecule is Cc1cc(C)cc(SCc2ccc(C(=O)O)o2)c1. The molecule has 0 radical (unpaired) electrons. The van der Waals surface area contributed by atoms with E-state index in [-0.39, 0.29) is 5.76 Å². The van der Waals surface area contributed by atoms with Gasteiger partial charge in [-0.3, -0.25) is 0 Å². The van der Waals surface area contributed by atoms with E-state index in [2.05, 4.69) is 32.0 Å². The Morgan fingerprint density at radius 2 is 1.89 bits per heavy atom. The van der Waals surface area contributed by atoms with Crippen LogP contribution in [0.5, 0.6) is 0 Å². The van der Waals surface area contributed by atoms with Crippen molar-refractivity contribution in [1.82, 2.24) is 0 Å². The Morgan fingerprint density at radius 1 is 1.22 bits per heavy atom. The number of benzene rings is 1. The molecule has 4 heteroatoms. The Labute approximate surface area is 110 Å². The Kier molecular flexibility index (Phi) is 3.77. The van der Waals surface area contributed by atoms with Gasteiger partial charge in [0.1, 0.15) is 5.76 Å². The van der Waals surface area contributed by atoms with Gasteiger partial charge in [0.25, 0.3) is 0 Å². The second kappa shape index (κ2) is 5.31. The first-order chi connectivity index (χ1) is 8.54. The molecule has 1 aromatic heterocycles. The van der Waals surface area contributed by atoms with E-state index in [1.54, 1.807) is 17.8 Å². The maximum atomic E-state index is 10.7. The number of thioether (sulfide) groups is 1. The Morgan fingerprint density at radius 3 is 2.44 bits per heavy atom. The largest absolute Gasteiger partial charge is 0.475 e. The van der Waals surface area contributed by atoms with Gasteiger partial charge in [0.15, 0.2) is 0 Å². The van der Waals surface area contributed by atoms with Crippen molar-refractivity contribution in [3.05, 3.63) is 53.0 Å². The van der Waals surface area contributed by atoms with Gasteiger partial charge in [-0.2, -0.15) is 0 Å². The van der Waals surface area contributed by atoms with Gasteiger partial charge in [0.05, 0.1) is 5.75 Å². The van der Waals surface area contributed by atoms with Crippen LogP contribution in [0.4, 0.5) is 0 Å². The predicted octanol–water partition coefficient (Wildman–Crippen LogP) is 3.89.